The smallest absolute Gasteiger partial charge is 0.299 e. The topological polar surface area (TPSA) is 89.4 Å². The molecule has 0 radical (unpaired) electrons. The van der Waals surface area contributed by atoms with E-state index in [-0.39, 0.29) is 12.6 Å². The second-order valence-electron chi connectivity index (χ2n) is 3.67. The second kappa shape index (κ2) is 3.48. The molecule has 1 heterocycles. The van der Waals surface area contributed by atoms with Crippen molar-refractivity contribution in [1.82, 2.24) is 0 Å². The van der Waals surface area contributed by atoms with E-state index in [0.29, 0.717) is 12.1 Å². The van der Waals surface area contributed by atoms with E-state index in [0.717, 1.165) is 9.87 Å². The average Bonchev–Trinajstić information content (AvgIpc) is 2.15. The molecule has 0 aliphatic carbocycles. The molecule has 0 amide bonds. The number of anilines is 1. The molecule has 1 aromatic rings. The van der Waals surface area contributed by atoms with Gasteiger partial charge < -0.3 is 5.73 Å². The maximum Gasteiger partial charge on any atom is 0.299 e. The van der Waals surface area contributed by atoms with Gasteiger partial charge in [-0.15, -0.1) is 0 Å². The fourth-order valence-electron chi connectivity index (χ4n) is 1.83. The van der Waals surface area contributed by atoms with Gasteiger partial charge in [0.15, 0.2) is 0 Å². The van der Waals surface area contributed by atoms with Crippen LogP contribution in [0.1, 0.15) is 5.56 Å². The Morgan fingerprint density at radius 3 is 2.67 bits per heavy atom. The predicted octanol–water partition coefficient (Wildman–Crippen LogP) is -0.420. The molecule has 1 atom stereocenters. The van der Waals surface area contributed by atoms with Crippen molar-refractivity contribution < 1.29 is 8.42 Å². The van der Waals surface area contributed by atoms with Gasteiger partial charge in [-0.3, -0.25) is 4.31 Å². The molecule has 6 heteroatoms. The lowest BCUT2D eigenvalue weighted by Crippen LogP contribution is -2.48. The Bertz CT molecular complexity index is 472. The summed E-state index contributed by atoms with van der Waals surface area (Å²) in [5, 5.41) is 5.13. The van der Waals surface area contributed by atoms with Crippen LogP contribution in [0.5, 0.6) is 0 Å². The summed E-state index contributed by atoms with van der Waals surface area (Å²) in [6, 6.07) is 7.06. The highest BCUT2D eigenvalue weighted by Crippen LogP contribution is 2.27. The van der Waals surface area contributed by atoms with E-state index in [9.17, 15) is 8.42 Å². The number of rotatable bonds is 1. The highest BCUT2D eigenvalue weighted by atomic mass is 32.2. The van der Waals surface area contributed by atoms with Crippen LogP contribution < -0.4 is 15.2 Å². The molecular formula is C9H13N3O2S. The Hall–Kier alpha value is -1.11. The molecule has 0 bridgehead atoms. The summed E-state index contributed by atoms with van der Waals surface area (Å²) >= 11 is 0. The van der Waals surface area contributed by atoms with Gasteiger partial charge in [0.2, 0.25) is 0 Å². The van der Waals surface area contributed by atoms with Crippen LogP contribution in [-0.2, 0) is 16.6 Å². The first-order valence-electron chi connectivity index (χ1n) is 4.62. The molecule has 5 nitrogen and oxygen atoms in total. The minimum absolute atomic E-state index is 0.196. The molecule has 15 heavy (non-hydrogen) atoms. The normalized spacial score (nSPS) is 21.2. The fourth-order valence-corrected chi connectivity index (χ4v) is 2.68. The molecular weight excluding hydrogens is 214 g/mol. The molecule has 0 spiro atoms. The third-order valence-corrected chi connectivity index (χ3v) is 3.41. The van der Waals surface area contributed by atoms with E-state index in [2.05, 4.69) is 0 Å². The summed E-state index contributed by atoms with van der Waals surface area (Å²) in [6.07, 6.45) is 0.683. The fraction of sp³-hybridized carbons (Fsp3) is 0.333. The average molecular weight is 227 g/mol. The predicted molar refractivity (Wildman–Crippen MR) is 58.6 cm³/mol. The zero-order valence-electron chi connectivity index (χ0n) is 8.13. The largest absolute Gasteiger partial charge is 0.326 e. The zero-order chi connectivity index (χ0) is 11.1. The molecule has 82 valence electrons. The number of para-hydroxylation sites is 1. The third-order valence-electron chi connectivity index (χ3n) is 2.45. The van der Waals surface area contributed by atoms with Crippen molar-refractivity contribution >= 4 is 15.9 Å². The molecule has 1 unspecified atom stereocenters. The van der Waals surface area contributed by atoms with E-state index in [1.54, 1.807) is 12.1 Å². The Morgan fingerprint density at radius 2 is 2.00 bits per heavy atom. The van der Waals surface area contributed by atoms with Gasteiger partial charge in [0, 0.05) is 6.04 Å². The molecule has 1 aliphatic rings. The first-order valence-corrected chi connectivity index (χ1v) is 6.13. The van der Waals surface area contributed by atoms with Crippen LogP contribution in [0, 0.1) is 0 Å². The maximum atomic E-state index is 11.3. The van der Waals surface area contributed by atoms with Crippen LogP contribution >= 0.6 is 0 Å². The number of nitrogens with two attached hydrogens (primary N) is 2. The van der Waals surface area contributed by atoms with Crippen LogP contribution in [0.2, 0.25) is 0 Å². The van der Waals surface area contributed by atoms with Crippen LogP contribution in [0.15, 0.2) is 24.3 Å². The van der Waals surface area contributed by atoms with E-state index in [1.807, 2.05) is 12.1 Å². The molecule has 1 aliphatic heterocycles. The summed E-state index contributed by atoms with van der Waals surface area (Å²) in [7, 11) is -3.72. The van der Waals surface area contributed by atoms with Crippen LogP contribution in [0.4, 0.5) is 5.69 Å². The molecule has 0 saturated carbocycles. The molecule has 0 fully saturated rings. The third kappa shape index (κ3) is 1.97. The summed E-state index contributed by atoms with van der Waals surface area (Å²) in [5.41, 5.74) is 7.34. The molecule has 4 N–H and O–H groups in total. The monoisotopic (exact) mass is 227 g/mol. The lowest BCUT2D eigenvalue weighted by molar-refractivity contribution is 0.577. The molecule has 1 aromatic carbocycles. The van der Waals surface area contributed by atoms with Crippen molar-refractivity contribution in [3.8, 4) is 0 Å². The van der Waals surface area contributed by atoms with Crippen LogP contribution in [0.25, 0.3) is 0 Å². The highest BCUT2D eigenvalue weighted by Gasteiger charge is 2.27. The number of hydrogen-bond donors (Lipinski definition) is 2. The van der Waals surface area contributed by atoms with E-state index in [1.165, 1.54) is 0 Å². The minimum Gasteiger partial charge on any atom is -0.326 e. The van der Waals surface area contributed by atoms with Crippen molar-refractivity contribution in [2.75, 3.05) is 10.8 Å². The van der Waals surface area contributed by atoms with Crippen molar-refractivity contribution in [3.05, 3.63) is 29.8 Å². The van der Waals surface area contributed by atoms with Crippen LogP contribution in [-0.4, -0.2) is 21.0 Å². The van der Waals surface area contributed by atoms with Gasteiger partial charge in [0.25, 0.3) is 10.2 Å². The second-order valence-corrected chi connectivity index (χ2v) is 5.14. The van der Waals surface area contributed by atoms with E-state index >= 15 is 0 Å². The first-order chi connectivity index (χ1) is 6.98. The first kappa shape index (κ1) is 10.4. The van der Waals surface area contributed by atoms with E-state index < -0.39 is 10.2 Å². The standard InChI is InChI=1S/C9H13N3O2S/c10-8-5-7-3-1-2-4-9(7)12(6-8)15(11,13)14/h1-4,8H,5-6,10H2,(H2,11,13,14). The van der Waals surface area contributed by atoms with Crippen molar-refractivity contribution in [3.63, 3.8) is 0 Å². The van der Waals surface area contributed by atoms with E-state index in [4.69, 9.17) is 10.9 Å². The Labute approximate surface area is 88.9 Å². The molecule has 2 rings (SSSR count). The lowest BCUT2D eigenvalue weighted by atomic mass is 10.0. The van der Waals surface area contributed by atoms with Crippen molar-refractivity contribution in [2.45, 2.75) is 12.5 Å². The summed E-state index contributed by atoms with van der Waals surface area (Å²) < 4.78 is 23.8. The minimum atomic E-state index is -3.72. The zero-order valence-corrected chi connectivity index (χ0v) is 8.94. The van der Waals surface area contributed by atoms with Crippen molar-refractivity contribution in [2.24, 2.45) is 10.9 Å². The Morgan fingerprint density at radius 1 is 1.33 bits per heavy atom. The molecule has 0 saturated heterocycles. The van der Waals surface area contributed by atoms with Crippen molar-refractivity contribution in [1.29, 1.82) is 0 Å². The Kier molecular flexibility index (Phi) is 2.41. The van der Waals surface area contributed by atoms with Gasteiger partial charge in [-0.25, -0.2) is 5.14 Å². The maximum absolute atomic E-state index is 11.3. The van der Waals surface area contributed by atoms with Crippen LogP contribution in [0.3, 0.4) is 0 Å². The summed E-state index contributed by atoms with van der Waals surface area (Å²) in [5.74, 6) is 0. The Balaban J connectivity index is 2.52. The number of nitrogens with zero attached hydrogens (tertiary/aromatic N) is 1. The number of hydrogen-bond acceptors (Lipinski definition) is 3. The summed E-state index contributed by atoms with van der Waals surface area (Å²) in [4.78, 5) is 0. The van der Waals surface area contributed by atoms with Gasteiger partial charge in [0.1, 0.15) is 0 Å². The van der Waals surface area contributed by atoms with Gasteiger partial charge in [-0.1, -0.05) is 18.2 Å². The van der Waals surface area contributed by atoms with Gasteiger partial charge >= 0.3 is 0 Å². The lowest BCUT2D eigenvalue weighted by Gasteiger charge is -2.32. The number of benzene rings is 1. The molecule has 0 aromatic heterocycles. The summed E-state index contributed by atoms with van der Waals surface area (Å²) in [6.45, 7) is 0.246. The van der Waals surface area contributed by atoms with Gasteiger partial charge in [-0.05, 0) is 18.1 Å². The van der Waals surface area contributed by atoms with Gasteiger partial charge in [0.05, 0.1) is 12.2 Å². The highest BCUT2D eigenvalue weighted by molar-refractivity contribution is 7.90. The van der Waals surface area contributed by atoms with Gasteiger partial charge in [-0.2, -0.15) is 8.42 Å². The quantitative estimate of drug-likeness (QED) is 0.682. The number of fused-ring (bicyclic) bond motifs is 1. The SMILES string of the molecule is NC1Cc2ccccc2N(S(N)(=O)=O)C1.